The Kier molecular flexibility index (Phi) is 5.61. The lowest BCUT2D eigenvalue weighted by molar-refractivity contribution is 0.102. The van der Waals surface area contributed by atoms with Gasteiger partial charge >= 0.3 is 0 Å². The van der Waals surface area contributed by atoms with Gasteiger partial charge in [-0.3, -0.25) is 4.79 Å². The second-order valence-corrected chi connectivity index (χ2v) is 9.17. The first-order chi connectivity index (χ1) is 14.7. The summed E-state index contributed by atoms with van der Waals surface area (Å²) in [5.74, 6) is -2.56. The fourth-order valence-electron chi connectivity index (χ4n) is 3.12. The molecule has 0 fully saturated rings. The highest BCUT2D eigenvalue weighted by Gasteiger charge is 2.33. The van der Waals surface area contributed by atoms with Gasteiger partial charge in [0.25, 0.3) is 15.9 Å². The van der Waals surface area contributed by atoms with Gasteiger partial charge in [0.1, 0.15) is 16.5 Å². The van der Waals surface area contributed by atoms with Crippen molar-refractivity contribution in [2.24, 2.45) is 0 Å². The van der Waals surface area contributed by atoms with Crippen LogP contribution >= 0.6 is 23.2 Å². The van der Waals surface area contributed by atoms with Crippen molar-refractivity contribution in [2.75, 3.05) is 9.73 Å². The Hall–Kier alpha value is -2.72. The summed E-state index contributed by atoms with van der Waals surface area (Å²) in [6.07, 6.45) is 0. The zero-order chi connectivity index (χ0) is 22.3. The Bertz CT molecular complexity index is 1300. The summed E-state index contributed by atoms with van der Waals surface area (Å²) in [6.45, 7) is 0.157. The van der Waals surface area contributed by atoms with Crippen molar-refractivity contribution in [1.29, 1.82) is 0 Å². The summed E-state index contributed by atoms with van der Waals surface area (Å²) in [4.78, 5) is 11.9. The highest BCUT2D eigenvalue weighted by atomic mass is 35.5. The maximum Gasteiger partial charge on any atom is 0.280 e. The van der Waals surface area contributed by atoms with Crippen LogP contribution in [0.4, 0.5) is 20.2 Å². The Morgan fingerprint density at radius 3 is 2.55 bits per heavy atom. The van der Waals surface area contributed by atoms with Crippen LogP contribution in [0.3, 0.4) is 0 Å². The largest absolute Gasteiger partial charge is 0.322 e. The van der Waals surface area contributed by atoms with Gasteiger partial charge in [0.05, 0.1) is 16.3 Å². The van der Waals surface area contributed by atoms with E-state index in [1.165, 1.54) is 30.3 Å². The Morgan fingerprint density at radius 2 is 1.81 bits per heavy atom. The summed E-state index contributed by atoms with van der Waals surface area (Å²) in [6, 6.07) is 11.5. The number of nitrogens with zero attached hydrogens (tertiary/aromatic N) is 1. The van der Waals surface area contributed by atoms with E-state index < -0.39 is 32.5 Å². The van der Waals surface area contributed by atoms with Crippen molar-refractivity contribution in [3.63, 3.8) is 0 Å². The van der Waals surface area contributed by atoms with Crippen LogP contribution in [0.5, 0.6) is 0 Å². The monoisotopic (exact) mass is 483 g/mol. The number of halogens is 4. The van der Waals surface area contributed by atoms with E-state index in [9.17, 15) is 22.0 Å². The number of benzene rings is 3. The first-order valence-electron chi connectivity index (χ1n) is 8.80. The summed E-state index contributed by atoms with van der Waals surface area (Å²) in [5, 5.41) is 2.48. The molecule has 6 nitrogen and oxygen atoms in total. The van der Waals surface area contributed by atoms with E-state index in [0.29, 0.717) is 5.56 Å². The molecule has 11 heteroatoms. The van der Waals surface area contributed by atoms with Gasteiger partial charge in [-0.05, 0) is 48.0 Å². The van der Waals surface area contributed by atoms with Crippen LogP contribution in [0.1, 0.15) is 15.9 Å². The molecule has 31 heavy (non-hydrogen) atoms. The van der Waals surface area contributed by atoms with Crippen molar-refractivity contribution in [3.8, 4) is 0 Å². The quantitative estimate of drug-likeness (QED) is 0.561. The molecule has 2 N–H and O–H groups in total. The molecule has 0 saturated carbocycles. The van der Waals surface area contributed by atoms with Crippen molar-refractivity contribution >= 4 is 50.5 Å². The number of anilines is 2. The molecule has 3 aromatic carbocycles. The maximum atomic E-state index is 14.2. The molecule has 1 aliphatic rings. The van der Waals surface area contributed by atoms with Crippen LogP contribution in [0.25, 0.3) is 0 Å². The highest BCUT2D eigenvalue weighted by molar-refractivity contribution is 7.92. The lowest BCUT2D eigenvalue weighted by Gasteiger charge is -2.20. The van der Waals surface area contributed by atoms with Crippen LogP contribution in [-0.4, -0.2) is 14.3 Å². The minimum Gasteiger partial charge on any atom is -0.322 e. The number of fused-ring (bicyclic) bond motifs is 1. The smallest absolute Gasteiger partial charge is 0.280 e. The second-order valence-electron chi connectivity index (χ2n) is 6.57. The molecule has 0 radical (unpaired) electrons. The summed E-state index contributed by atoms with van der Waals surface area (Å²) < 4.78 is 55.1. The van der Waals surface area contributed by atoms with Gasteiger partial charge in [-0.1, -0.05) is 35.3 Å². The van der Waals surface area contributed by atoms with Gasteiger partial charge in [-0.25, -0.2) is 14.2 Å². The van der Waals surface area contributed by atoms with E-state index in [1.54, 1.807) is 6.07 Å². The summed E-state index contributed by atoms with van der Waals surface area (Å²) >= 11 is 11.8. The molecule has 0 saturated heterocycles. The molecule has 0 bridgehead atoms. The van der Waals surface area contributed by atoms with Crippen LogP contribution in [0.15, 0.2) is 59.5 Å². The first-order valence-corrected chi connectivity index (χ1v) is 11.0. The fourth-order valence-corrected chi connectivity index (χ4v) is 5.05. The topological polar surface area (TPSA) is 78.5 Å². The van der Waals surface area contributed by atoms with Gasteiger partial charge in [0.15, 0.2) is 0 Å². The van der Waals surface area contributed by atoms with E-state index in [1.807, 2.05) is 0 Å². The van der Waals surface area contributed by atoms with Gasteiger partial charge in [-0.15, -0.1) is 0 Å². The molecule has 0 aliphatic carbocycles. The Labute approximate surface area is 186 Å². The van der Waals surface area contributed by atoms with Gasteiger partial charge in [0.2, 0.25) is 0 Å². The van der Waals surface area contributed by atoms with Crippen LogP contribution in [0.2, 0.25) is 10.0 Å². The number of hydrogen-bond donors (Lipinski definition) is 2. The normalized spacial score (nSPS) is 13.2. The molecule has 160 valence electrons. The van der Waals surface area contributed by atoms with E-state index in [-0.39, 0.29) is 33.5 Å². The molecule has 0 atom stereocenters. The van der Waals surface area contributed by atoms with Crippen molar-refractivity contribution in [1.82, 2.24) is 5.43 Å². The van der Waals surface area contributed by atoms with Crippen LogP contribution in [0, 0.1) is 11.6 Å². The zero-order valence-electron chi connectivity index (χ0n) is 15.5. The van der Waals surface area contributed by atoms with E-state index in [4.69, 9.17) is 23.2 Å². The predicted octanol–water partition coefficient (Wildman–Crippen LogP) is 4.74. The number of sulfonamides is 1. The molecular weight excluding hydrogens is 471 g/mol. The minimum absolute atomic E-state index is 0.0576. The average Bonchev–Trinajstić information content (AvgIpc) is 3.13. The second kappa shape index (κ2) is 8.08. The third-order valence-corrected chi connectivity index (χ3v) is 6.80. The SMILES string of the molecule is O=C(Nc1ccc2c(c1)N(S(=O)(=O)c1cc(Cl)ccc1F)NC2)c1c(F)cccc1Cl. The molecule has 0 spiro atoms. The zero-order valence-corrected chi connectivity index (χ0v) is 17.8. The molecule has 4 rings (SSSR count). The van der Waals surface area contributed by atoms with Crippen LogP contribution < -0.4 is 15.2 Å². The first kappa shape index (κ1) is 21.5. The summed E-state index contributed by atoms with van der Waals surface area (Å²) in [5.41, 5.74) is 3.30. The number of amides is 1. The predicted molar refractivity (Wildman–Crippen MR) is 114 cm³/mol. The molecule has 1 amide bonds. The minimum atomic E-state index is -4.35. The van der Waals surface area contributed by atoms with Crippen molar-refractivity contribution in [2.45, 2.75) is 11.4 Å². The highest BCUT2D eigenvalue weighted by Crippen LogP contribution is 2.34. The lowest BCUT2D eigenvalue weighted by Crippen LogP contribution is -2.38. The Balaban J connectivity index is 1.68. The van der Waals surface area contributed by atoms with Crippen molar-refractivity contribution in [3.05, 3.63) is 87.4 Å². The van der Waals surface area contributed by atoms with Crippen molar-refractivity contribution < 1.29 is 22.0 Å². The molecule has 0 aromatic heterocycles. The number of hydrogen-bond acceptors (Lipinski definition) is 4. The third kappa shape index (κ3) is 3.97. The molecule has 1 aliphatic heterocycles. The van der Waals surface area contributed by atoms with Crippen LogP contribution in [-0.2, 0) is 16.6 Å². The molecule has 3 aromatic rings. The number of carbonyl (C=O) groups excluding carboxylic acids is 1. The average molecular weight is 484 g/mol. The van der Waals surface area contributed by atoms with Gasteiger partial charge in [0, 0.05) is 17.3 Å². The lowest BCUT2D eigenvalue weighted by atomic mass is 10.1. The third-order valence-electron chi connectivity index (χ3n) is 4.58. The Morgan fingerprint density at radius 1 is 1.03 bits per heavy atom. The van der Waals surface area contributed by atoms with Gasteiger partial charge in [-0.2, -0.15) is 12.8 Å². The number of hydrazine groups is 1. The van der Waals surface area contributed by atoms with Gasteiger partial charge < -0.3 is 5.32 Å². The molecule has 1 heterocycles. The number of carbonyl (C=O) groups is 1. The molecule has 0 unspecified atom stereocenters. The molecular formula is C20H13Cl2F2N3O3S. The standard InChI is InChI=1S/C20H13Cl2F2N3O3S/c21-12-5-7-15(23)18(8-12)31(29,30)27-17-9-13(6-4-11(17)10-25-27)26-20(28)19-14(22)2-1-3-16(19)24/h1-9,25H,10H2,(H,26,28). The number of nitrogens with one attached hydrogen (secondary N) is 2. The summed E-state index contributed by atoms with van der Waals surface area (Å²) in [7, 11) is -4.35. The maximum absolute atomic E-state index is 14.2. The van der Waals surface area contributed by atoms with E-state index >= 15 is 0 Å². The fraction of sp³-hybridized carbons (Fsp3) is 0.0500. The van der Waals surface area contributed by atoms with E-state index in [0.717, 1.165) is 22.6 Å². The number of rotatable bonds is 4. The van der Waals surface area contributed by atoms with E-state index in [2.05, 4.69) is 10.7 Å².